The predicted molar refractivity (Wildman–Crippen MR) is 78.3 cm³/mol. The molecular formula is C16H21F2NO3. The minimum atomic E-state index is -0.913. The Hall–Kier alpha value is -1.98. The van der Waals surface area contributed by atoms with E-state index in [0.29, 0.717) is 24.8 Å². The van der Waals surface area contributed by atoms with Gasteiger partial charge in [-0.2, -0.15) is 0 Å². The summed E-state index contributed by atoms with van der Waals surface area (Å²) in [4.78, 5) is 22.6. The van der Waals surface area contributed by atoms with Crippen molar-refractivity contribution in [2.24, 2.45) is 5.92 Å². The topological polar surface area (TPSA) is 66.4 Å². The van der Waals surface area contributed by atoms with Crippen molar-refractivity contribution in [2.75, 3.05) is 6.54 Å². The van der Waals surface area contributed by atoms with Crippen molar-refractivity contribution in [2.45, 2.75) is 39.0 Å². The summed E-state index contributed by atoms with van der Waals surface area (Å²) in [5.41, 5.74) is 0.626. The highest BCUT2D eigenvalue weighted by atomic mass is 19.2. The van der Waals surface area contributed by atoms with Gasteiger partial charge in [-0.05, 0) is 37.0 Å². The molecule has 0 aliphatic heterocycles. The van der Waals surface area contributed by atoms with Crippen LogP contribution in [-0.2, 0) is 16.0 Å². The lowest BCUT2D eigenvalue weighted by Gasteiger charge is -2.12. The Balaban J connectivity index is 2.30. The van der Waals surface area contributed by atoms with E-state index in [1.165, 1.54) is 6.07 Å². The molecule has 1 unspecified atom stereocenters. The molecule has 4 nitrogen and oxygen atoms in total. The number of aryl methyl sites for hydroxylation is 1. The smallest absolute Gasteiger partial charge is 0.308 e. The van der Waals surface area contributed by atoms with Crippen LogP contribution in [0.4, 0.5) is 8.78 Å². The van der Waals surface area contributed by atoms with Crippen molar-refractivity contribution >= 4 is 11.9 Å². The van der Waals surface area contributed by atoms with Crippen LogP contribution in [-0.4, -0.2) is 23.5 Å². The van der Waals surface area contributed by atoms with Crippen LogP contribution in [0.3, 0.4) is 0 Å². The highest BCUT2D eigenvalue weighted by Crippen LogP contribution is 2.11. The van der Waals surface area contributed by atoms with Crippen LogP contribution in [0.25, 0.3) is 0 Å². The number of hydrogen-bond donors (Lipinski definition) is 2. The number of amides is 1. The lowest BCUT2D eigenvalue weighted by Crippen LogP contribution is -2.32. The summed E-state index contributed by atoms with van der Waals surface area (Å²) in [5.74, 6) is -3.50. The Morgan fingerprint density at radius 3 is 2.59 bits per heavy atom. The molecule has 1 aromatic rings. The van der Waals surface area contributed by atoms with Gasteiger partial charge < -0.3 is 10.4 Å². The van der Waals surface area contributed by atoms with Crippen molar-refractivity contribution < 1.29 is 23.5 Å². The first-order chi connectivity index (χ1) is 10.4. The Kier molecular flexibility index (Phi) is 7.49. The molecule has 0 heterocycles. The molecule has 0 fully saturated rings. The van der Waals surface area contributed by atoms with E-state index in [-0.39, 0.29) is 18.9 Å². The molecule has 1 atom stereocenters. The van der Waals surface area contributed by atoms with Crippen LogP contribution in [0.2, 0.25) is 0 Å². The first-order valence-corrected chi connectivity index (χ1v) is 7.37. The number of carboxylic acids is 1. The lowest BCUT2D eigenvalue weighted by molar-refractivity contribution is -0.141. The molecule has 0 bridgehead atoms. The number of nitrogens with one attached hydrogen (secondary N) is 1. The average molecular weight is 313 g/mol. The number of carboxylic acid groups (broad SMARTS) is 1. The van der Waals surface area contributed by atoms with Gasteiger partial charge in [0.05, 0.1) is 5.92 Å². The zero-order chi connectivity index (χ0) is 16.5. The van der Waals surface area contributed by atoms with Gasteiger partial charge in [0.15, 0.2) is 11.6 Å². The summed E-state index contributed by atoms with van der Waals surface area (Å²) in [7, 11) is 0. The van der Waals surface area contributed by atoms with Gasteiger partial charge in [-0.15, -0.1) is 0 Å². The maximum atomic E-state index is 13.0. The summed E-state index contributed by atoms with van der Waals surface area (Å²) in [6.45, 7) is 2.01. The molecular weight excluding hydrogens is 292 g/mol. The maximum absolute atomic E-state index is 13.0. The molecule has 122 valence electrons. The predicted octanol–water partition coefficient (Wildman–Crippen LogP) is 2.90. The molecule has 0 saturated carbocycles. The van der Waals surface area contributed by atoms with Gasteiger partial charge >= 0.3 is 5.97 Å². The van der Waals surface area contributed by atoms with Crippen LogP contribution in [0.5, 0.6) is 0 Å². The Morgan fingerprint density at radius 2 is 2.00 bits per heavy atom. The molecule has 6 heteroatoms. The maximum Gasteiger partial charge on any atom is 0.308 e. The van der Waals surface area contributed by atoms with Gasteiger partial charge in [-0.25, -0.2) is 8.78 Å². The highest BCUT2D eigenvalue weighted by Gasteiger charge is 2.16. The first kappa shape index (κ1) is 18.1. The number of aliphatic carboxylic acids is 1. The molecule has 0 aliphatic rings. The Bertz CT molecular complexity index is 520. The molecule has 0 aromatic heterocycles. The largest absolute Gasteiger partial charge is 0.481 e. The normalized spacial score (nSPS) is 12.0. The molecule has 0 saturated heterocycles. The van der Waals surface area contributed by atoms with E-state index in [1.807, 2.05) is 6.92 Å². The van der Waals surface area contributed by atoms with Gasteiger partial charge in [-0.1, -0.05) is 19.4 Å². The van der Waals surface area contributed by atoms with E-state index in [2.05, 4.69) is 5.32 Å². The quantitative estimate of drug-likeness (QED) is 0.736. The van der Waals surface area contributed by atoms with Crippen molar-refractivity contribution in [1.82, 2.24) is 5.32 Å². The van der Waals surface area contributed by atoms with Gasteiger partial charge in [0.2, 0.25) is 5.91 Å². The summed E-state index contributed by atoms with van der Waals surface area (Å²) >= 11 is 0. The van der Waals surface area contributed by atoms with Crippen LogP contribution >= 0.6 is 0 Å². The van der Waals surface area contributed by atoms with Crippen LogP contribution in [0, 0.1) is 17.6 Å². The van der Waals surface area contributed by atoms with Gasteiger partial charge in [0.1, 0.15) is 0 Å². The second kappa shape index (κ2) is 9.12. The third-order valence-electron chi connectivity index (χ3n) is 3.39. The number of carbonyl (C=O) groups excluding carboxylic acids is 1. The summed E-state index contributed by atoms with van der Waals surface area (Å²) in [5, 5.41) is 11.6. The minimum Gasteiger partial charge on any atom is -0.481 e. The van der Waals surface area contributed by atoms with Crippen molar-refractivity contribution in [3.05, 3.63) is 35.4 Å². The molecule has 2 N–H and O–H groups in total. The summed E-state index contributed by atoms with van der Waals surface area (Å²) in [6, 6.07) is 3.67. The van der Waals surface area contributed by atoms with E-state index in [4.69, 9.17) is 5.11 Å². The fourth-order valence-electron chi connectivity index (χ4n) is 2.13. The third-order valence-corrected chi connectivity index (χ3v) is 3.39. The molecule has 1 rings (SSSR count). The number of carbonyl (C=O) groups is 2. The van der Waals surface area contributed by atoms with Crippen LogP contribution in [0.1, 0.15) is 38.2 Å². The molecule has 0 aliphatic carbocycles. The molecule has 1 aromatic carbocycles. The molecule has 0 radical (unpaired) electrons. The lowest BCUT2D eigenvalue weighted by atomic mass is 10.0. The Labute approximate surface area is 128 Å². The van der Waals surface area contributed by atoms with E-state index in [9.17, 15) is 18.4 Å². The third kappa shape index (κ3) is 6.20. The Morgan fingerprint density at radius 1 is 1.27 bits per heavy atom. The second-order valence-electron chi connectivity index (χ2n) is 5.23. The molecule has 1 amide bonds. The fourth-order valence-corrected chi connectivity index (χ4v) is 2.13. The summed E-state index contributed by atoms with van der Waals surface area (Å²) in [6.07, 6.45) is 2.43. The number of rotatable bonds is 9. The highest BCUT2D eigenvalue weighted by molar-refractivity contribution is 5.77. The zero-order valence-corrected chi connectivity index (χ0v) is 12.6. The monoisotopic (exact) mass is 313 g/mol. The van der Waals surface area contributed by atoms with Crippen molar-refractivity contribution in [3.63, 3.8) is 0 Å². The van der Waals surface area contributed by atoms with E-state index >= 15 is 0 Å². The SMILES string of the molecule is CCCC(CNC(=O)CCCc1ccc(F)c(F)c1)C(=O)O. The first-order valence-electron chi connectivity index (χ1n) is 7.37. The van der Waals surface area contributed by atoms with Gasteiger partial charge in [0, 0.05) is 13.0 Å². The summed E-state index contributed by atoms with van der Waals surface area (Å²) < 4.78 is 25.8. The standard InChI is InChI=1S/C16H21F2NO3/c1-2-4-12(16(21)22)10-19-15(20)6-3-5-11-7-8-13(17)14(18)9-11/h7-9,12H,2-6,10H2,1H3,(H,19,20)(H,21,22). The minimum absolute atomic E-state index is 0.118. The van der Waals surface area contributed by atoms with Gasteiger partial charge in [0.25, 0.3) is 0 Å². The van der Waals surface area contributed by atoms with Crippen molar-refractivity contribution in [1.29, 1.82) is 0 Å². The van der Waals surface area contributed by atoms with E-state index < -0.39 is 23.5 Å². The molecule has 22 heavy (non-hydrogen) atoms. The zero-order valence-electron chi connectivity index (χ0n) is 12.6. The fraction of sp³-hybridized carbons (Fsp3) is 0.500. The number of halogens is 2. The number of benzene rings is 1. The van der Waals surface area contributed by atoms with E-state index in [1.54, 1.807) is 0 Å². The molecule has 0 spiro atoms. The van der Waals surface area contributed by atoms with Crippen LogP contribution < -0.4 is 5.32 Å². The van der Waals surface area contributed by atoms with Crippen LogP contribution in [0.15, 0.2) is 18.2 Å². The second-order valence-corrected chi connectivity index (χ2v) is 5.23. The van der Waals surface area contributed by atoms with Crippen molar-refractivity contribution in [3.8, 4) is 0 Å². The average Bonchev–Trinajstić information content (AvgIpc) is 2.47. The van der Waals surface area contributed by atoms with E-state index in [0.717, 1.165) is 18.6 Å². The number of hydrogen-bond acceptors (Lipinski definition) is 2. The van der Waals surface area contributed by atoms with Gasteiger partial charge in [-0.3, -0.25) is 9.59 Å².